The van der Waals surface area contributed by atoms with Gasteiger partial charge in [0.05, 0.1) is 26.2 Å². The Morgan fingerprint density at radius 3 is 1.82 bits per heavy atom. The van der Waals surface area contributed by atoms with Gasteiger partial charge in [-0.25, -0.2) is 13.6 Å². The van der Waals surface area contributed by atoms with Crippen LogP contribution in [-0.4, -0.2) is 29.4 Å². The minimum absolute atomic E-state index is 0.0173. The molecular weight excluding hydrogens is 398 g/mol. The molecule has 2 rings (SSSR count). The van der Waals surface area contributed by atoms with E-state index < -0.39 is 41.9 Å². The van der Waals surface area contributed by atoms with Crippen molar-refractivity contribution in [2.75, 3.05) is 0 Å². The van der Waals surface area contributed by atoms with Crippen molar-refractivity contribution >= 4 is 33.3 Å². The SMILES string of the molecule is NS(=O)(=O)c1ccc(CN=Cc2cc([N+](=O)[O-])c([N+](=O)[O-])c([N+](=O)[O-])c2)cc1. The largest absolute Gasteiger partial charge is 0.422 e. The second kappa shape index (κ2) is 7.85. The normalized spacial score (nSPS) is 11.5. The van der Waals surface area contributed by atoms with Crippen LogP contribution < -0.4 is 5.14 Å². The van der Waals surface area contributed by atoms with Gasteiger partial charge in [0.25, 0.3) is 0 Å². The molecule has 0 spiro atoms. The van der Waals surface area contributed by atoms with Crippen LogP contribution in [-0.2, 0) is 16.6 Å². The third-order valence-corrected chi connectivity index (χ3v) is 4.36. The van der Waals surface area contributed by atoms with Gasteiger partial charge in [0.15, 0.2) is 0 Å². The number of sulfonamides is 1. The predicted molar refractivity (Wildman–Crippen MR) is 95.5 cm³/mol. The van der Waals surface area contributed by atoms with Crippen LogP contribution in [0.4, 0.5) is 17.1 Å². The molecule has 0 fully saturated rings. The second-order valence-electron chi connectivity index (χ2n) is 5.34. The van der Waals surface area contributed by atoms with Gasteiger partial charge >= 0.3 is 17.1 Å². The highest BCUT2D eigenvalue weighted by Gasteiger charge is 2.36. The molecule has 0 bridgehead atoms. The lowest BCUT2D eigenvalue weighted by atomic mass is 10.1. The molecule has 2 aromatic carbocycles. The summed E-state index contributed by atoms with van der Waals surface area (Å²) in [5.41, 5.74) is -2.79. The maximum atomic E-state index is 11.2. The zero-order valence-electron chi connectivity index (χ0n) is 13.8. The average Bonchev–Trinajstić information content (AvgIpc) is 2.60. The molecule has 0 heterocycles. The van der Waals surface area contributed by atoms with Crippen LogP contribution in [0, 0.1) is 30.3 Å². The fourth-order valence-electron chi connectivity index (χ4n) is 2.21. The van der Waals surface area contributed by atoms with Crippen molar-refractivity contribution in [2.24, 2.45) is 10.1 Å². The molecule has 0 amide bonds. The van der Waals surface area contributed by atoms with Gasteiger partial charge in [-0.15, -0.1) is 0 Å². The molecule has 0 saturated carbocycles. The number of hydrogen-bond acceptors (Lipinski definition) is 9. The lowest BCUT2D eigenvalue weighted by Gasteiger charge is -2.01. The molecule has 0 unspecified atom stereocenters. The zero-order chi connectivity index (χ0) is 21.1. The number of benzene rings is 2. The number of nitro groups is 3. The highest BCUT2D eigenvalue weighted by molar-refractivity contribution is 7.89. The van der Waals surface area contributed by atoms with E-state index in [9.17, 15) is 38.8 Å². The number of nitrogens with zero attached hydrogens (tertiary/aromatic N) is 4. The van der Waals surface area contributed by atoms with Crippen LogP contribution >= 0.6 is 0 Å². The summed E-state index contributed by atoms with van der Waals surface area (Å²) in [5, 5.41) is 38.0. The van der Waals surface area contributed by atoms with E-state index in [-0.39, 0.29) is 17.0 Å². The number of primary sulfonamides is 1. The van der Waals surface area contributed by atoms with E-state index in [0.717, 1.165) is 18.3 Å². The van der Waals surface area contributed by atoms with Gasteiger partial charge in [0.1, 0.15) is 0 Å². The van der Waals surface area contributed by atoms with Crippen molar-refractivity contribution in [3.8, 4) is 0 Å². The Hall–Kier alpha value is -3.78. The highest BCUT2D eigenvalue weighted by atomic mass is 32.2. The van der Waals surface area contributed by atoms with Crippen molar-refractivity contribution in [1.82, 2.24) is 0 Å². The fourth-order valence-corrected chi connectivity index (χ4v) is 2.72. The number of nitrogens with two attached hydrogens (primary N) is 1. The quantitative estimate of drug-likeness (QED) is 0.404. The van der Waals surface area contributed by atoms with Gasteiger partial charge in [0.2, 0.25) is 10.0 Å². The molecule has 13 nitrogen and oxygen atoms in total. The van der Waals surface area contributed by atoms with Gasteiger partial charge in [0, 0.05) is 23.9 Å². The molecule has 146 valence electrons. The molecule has 2 aromatic rings. The summed E-state index contributed by atoms with van der Waals surface area (Å²) in [6, 6.07) is 7.02. The molecule has 0 aromatic heterocycles. The van der Waals surface area contributed by atoms with Gasteiger partial charge in [-0.05, 0) is 17.7 Å². The van der Waals surface area contributed by atoms with Crippen molar-refractivity contribution in [3.05, 3.63) is 77.9 Å². The first-order chi connectivity index (χ1) is 13.0. The van der Waals surface area contributed by atoms with Crippen LogP contribution in [0.5, 0.6) is 0 Å². The first-order valence-electron chi connectivity index (χ1n) is 7.23. The Balaban J connectivity index is 2.34. The third-order valence-electron chi connectivity index (χ3n) is 3.43. The van der Waals surface area contributed by atoms with Crippen molar-refractivity contribution in [1.29, 1.82) is 0 Å². The van der Waals surface area contributed by atoms with Crippen LogP contribution in [0.1, 0.15) is 11.1 Å². The van der Waals surface area contributed by atoms with Crippen molar-refractivity contribution < 1.29 is 23.2 Å². The highest BCUT2D eigenvalue weighted by Crippen LogP contribution is 2.37. The fraction of sp³-hybridized carbons (Fsp3) is 0.0714. The van der Waals surface area contributed by atoms with Gasteiger partial charge < -0.3 is 0 Å². The Morgan fingerprint density at radius 1 is 0.929 bits per heavy atom. The Labute approximate surface area is 156 Å². The van der Waals surface area contributed by atoms with Crippen LogP contribution in [0.25, 0.3) is 0 Å². The van der Waals surface area contributed by atoms with Gasteiger partial charge in [-0.1, -0.05) is 12.1 Å². The van der Waals surface area contributed by atoms with E-state index in [1.807, 2.05) is 0 Å². The lowest BCUT2D eigenvalue weighted by molar-refractivity contribution is -0.441. The van der Waals surface area contributed by atoms with Gasteiger partial charge in [-0.2, -0.15) is 0 Å². The van der Waals surface area contributed by atoms with Crippen molar-refractivity contribution in [2.45, 2.75) is 11.4 Å². The van der Waals surface area contributed by atoms with Gasteiger partial charge in [-0.3, -0.25) is 35.3 Å². The summed E-state index contributed by atoms with van der Waals surface area (Å²) in [7, 11) is -3.84. The molecule has 28 heavy (non-hydrogen) atoms. The maximum Gasteiger partial charge on any atom is 0.422 e. The molecule has 2 N–H and O–H groups in total. The number of rotatable bonds is 7. The third kappa shape index (κ3) is 4.68. The molecular formula is C14H11N5O8S. The first kappa shape index (κ1) is 20.5. The number of aliphatic imine (C=N–C) groups is 1. The van der Waals surface area contributed by atoms with E-state index in [2.05, 4.69) is 4.99 Å². The zero-order valence-corrected chi connectivity index (χ0v) is 14.6. The summed E-state index contributed by atoms with van der Waals surface area (Å²) in [6.45, 7) is 0.0173. The topological polar surface area (TPSA) is 202 Å². The average molecular weight is 409 g/mol. The summed E-state index contributed by atoms with van der Waals surface area (Å²) in [6.07, 6.45) is 1.08. The Morgan fingerprint density at radius 2 is 1.43 bits per heavy atom. The smallest absolute Gasteiger partial charge is 0.288 e. The van der Waals surface area contributed by atoms with E-state index in [1.54, 1.807) is 0 Å². The first-order valence-corrected chi connectivity index (χ1v) is 8.78. The summed E-state index contributed by atoms with van der Waals surface area (Å²) in [5.74, 6) is 0. The predicted octanol–water partition coefficient (Wildman–Crippen LogP) is 1.68. The molecule has 0 saturated heterocycles. The molecule has 0 atom stereocenters. The number of nitro benzene ring substituents is 3. The number of hydrogen-bond donors (Lipinski definition) is 1. The second-order valence-corrected chi connectivity index (χ2v) is 6.90. The van der Waals surface area contributed by atoms with Crippen LogP contribution in [0.3, 0.4) is 0 Å². The van der Waals surface area contributed by atoms with Crippen molar-refractivity contribution in [3.63, 3.8) is 0 Å². The van der Waals surface area contributed by atoms with Crippen LogP contribution in [0.2, 0.25) is 0 Å². The maximum absolute atomic E-state index is 11.2. The molecule has 0 radical (unpaired) electrons. The lowest BCUT2D eigenvalue weighted by Crippen LogP contribution is -2.11. The Kier molecular flexibility index (Phi) is 5.75. The van der Waals surface area contributed by atoms with E-state index in [4.69, 9.17) is 5.14 Å². The standard InChI is InChI=1S/C14H11N5O8S/c15-28(26,27)11-3-1-9(2-4-11)7-16-8-10-5-12(17(20)21)14(19(24)25)13(6-10)18(22)23/h1-6,8H,7H2,(H2,15,26,27). The monoisotopic (exact) mass is 409 g/mol. The minimum Gasteiger partial charge on any atom is -0.288 e. The minimum atomic E-state index is -3.84. The summed E-state index contributed by atoms with van der Waals surface area (Å²) < 4.78 is 22.4. The summed E-state index contributed by atoms with van der Waals surface area (Å²) >= 11 is 0. The molecule has 0 aliphatic heterocycles. The summed E-state index contributed by atoms with van der Waals surface area (Å²) in [4.78, 5) is 33.5. The molecule has 0 aliphatic carbocycles. The Bertz CT molecular complexity index is 1060. The van der Waals surface area contributed by atoms with E-state index in [1.165, 1.54) is 24.3 Å². The van der Waals surface area contributed by atoms with Crippen LogP contribution in [0.15, 0.2) is 46.3 Å². The van der Waals surface area contributed by atoms with E-state index >= 15 is 0 Å². The molecule has 0 aliphatic rings. The molecule has 14 heteroatoms. The van der Waals surface area contributed by atoms with E-state index in [0.29, 0.717) is 5.56 Å².